The van der Waals surface area contributed by atoms with E-state index in [2.05, 4.69) is 0 Å². The van der Waals surface area contributed by atoms with E-state index in [0.29, 0.717) is 16.7 Å². The number of hydrogen-bond acceptors (Lipinski definition) is 7. The van der Waals surface area contributed by atoms with Gasteiger partial charge in [0.1, 0.15) is 16.9 Å². The van der Waals surface area contributed by atoms with E-state index < -0.39 is 35.4 Å². The van der Waals surface area contributed by atoms with Gasteiger partial charge in [-0.25, -0.2) is 14.4 Å². The molecule has 0 N–H and O–H groups in total. The van der Waals surface area contributed by atoms with Crippen molar-refractivity contribution in [3.63, 3.8) is 0 Å². The molecule has 0 saturated heterocycles. The summed E-state index contributed by atoms with van der Waals surface area (Å²) in [7, 11) is 0. The fourth-order valence-electron chi connectivity index (χ4n) is 3.47. The highest BCUT2D eigenvalue weighted by atomic mass is 16.6. The number of carbonyl (C=O) groups excluding carboxylic acids is 2. The van der Waals surface area contributed by atoms with Crippen LogP contribution < -0.4 is 10.4 Å². The van der Waals surface area contributed by atoms with Crippen LogP contribution in [0.25, 0.3) is 11.0 Å². The zero-order valence-electron chi connectivity index (χ0n) is 18.5. The standard InChI is InChI=1S/C24H26O7/c1-13(2)11-18(26)29-22-20-16(9-7-15-8-10-17(25)28-21(15)20)31-24(5,6)23(22)30-19(27)12-14(3)4/h7-12,22-23H,1-6H3/t22-,23-/m0/s1. The molecule has 31 heavy (non-hydrogen) atoms. The van der Waals surface area contributed by atoms with Crippen molar-refractivity contribution in [1.29, 1.82) is 0 Å². The van der Waals surface area contributed by atoms with Gasteiger partial charge in [-0.2, -0.15) is 0 Å². The molecule has 0 aliphatic carbocycles. The van der Waals surface area contributed by atoms with Gasteiger partial charge in [-0.05, 0) is 59.7 Å². The van der Waals surface area contributed by atoms with Crippen molar-refractivity contribution >= 4 is 22.9 Å². The Kier molecular flexibility index (Phi) is 6.06. The SMILES string of the molecule is CC(C)=CC(=O)O[C@H]1c2c(ccc3ccc(=O)oc23)OC(C)(C)[C@H]1OC(=O)C=C(C)C. The molecule has 0 bridgehead atoms. The normalized spacial score (nSPS) is 18.9. The topological polar surface area (TPSA) is 92.0 Å². The maximum absolute atomic E-state index is 12.6. The van der Waals surface area contributed by atoms with Crippen LogP contribution in [-0.4, -0.2) is 23.6 Å². The summed E-state index contributed by atoms with van der Waals surface area (Å²) in [5.74, 6) is -0.807. The van der Waals surface area contributed by atoms with E-state index in [1.165, 1.54) is 18.2 Å². The van der Waals surface area contributed by atoms with Crippen LogP contribution in [0.4, 0.5) is 0 Å². The number of ether oxygens (including phenoxy) is 3. The van der Waals surface area contributed by atoms with E-state index in [0.717, 1.165) is 11.1 Å². The Hall–Kier alpha value is -3.35. The highest BCUT2D eigenvalue weighted by Gasteiger charge is 2.49. The molecule has 2 heterocycles. The van der Waals surface area contributed by atoms with Gasteiger partial charge in [0, 0.05) is 23.6 Å². The van der Waals surface area contributed by atoms with Crippen molar-refractivity contribution in [1.82, 2.24) is 0 Å². The summed E-state index contributed by atoms with van der Waals surface area (Å²) in [6.45, 7) is 10.6. The second kappa shape index (κ2) is 8.41. The van der Waals surface area contributed by atoms with Crippen LogP contribution >= 0.6 is 0 Å². The highest BCUT2D eigenvalue weighted by molar-refractivity contribution is 5.86. The molecule has 0 spiro atoms. The number of hydrogen-bond donors (Lipinski definition) is 0. The minimum Gasteiger partial charge on any atom is -0.483 e. The lowest BCUT2D eigenvalue weighted by Crippen LogP contribution is -2.52. The van der Waals surface area contributed by atoms with Crippen LogP contribution in [0.3, 0.4) is 0 Å². The summed E-state index contributed by atoms with van der Waals surface area (Å²) in [5, 5.41) is 0.624. The zero-order chi connectivity index (χ0) is 22.9. The molecule has 0 fully saturated rings. The lowest BCUT2D eigenvalue weighted by Gasteiger charge is -2.43. The smallest absolute Gasteiger partial charge is 0.336 e. The van der Waals surface area contributed by atoms with Gasteiger partial charge in [0.25, 0.3) is 0 Å². The van der Waals surface area contributed by atoms with Crippen molar-refractivity contribution in [2.24, 2.45) is 0 Å². The van der Waals surface area contributed by atoms with Crippen molar-refractivity contribution in [2.45, 2.75) is 59.4 Å². The van der Waals surface area contributed by atoms with E-state index in [9.17, 15) is 14.4 Å². The van der Waals surface area contributed by atoms with Crippen LogP contribution in [-0.2, 0) is 19.1 Å². The van der Waals surface area contributed by atoms with Crippen molar-refractivity contribution < 1.29 is 28.2 Å². The predicted octanol–water partition coefficient (Wildman–Crippen LogP) is 4.39. The molecule has 0 amide bonds. The first-order valence-electron chi connectivity index (χ1n) is 9.95. The Morgan fingerprint density at radius 1 is 0.935 bits per heavy atom. The molecule has 7 nitrogen and oxygen atoms in total. The molecule has 7 heteroatoms. The minimum absolute atomic E-state index is 0.221. The van der Waals surface area contributed by atoms with Crippen LogP contribution in [0.15, 0.2) is 56.8 Å². The third-order valence-corrected chi connectivity index (χ3v) is 4.71. The molecule has 2 atom stereocenters. The second-order valence-electron chi connectivity index (χ2n) is 8.51. The number of benzene rings is 1. The Labute approximate surface area is 180 Å². The number of rotatable bonds is 4. The average Bonchev–Trinajstić information content (AvgIpc) is 2.62. The van der Waals surface area contributed by atoms with Gasteiger partial charge in [-0.1, -0.05) is 11.1 Å². The van der Waals surface area contributed by atoms with E-state index in [-0.39, 0.29) is 5.58 Å². The van der Waals surface area contributed by atoms with E-state index in [4.69, 9.17) is 18.6 Å². The maximum Gasteiger partial charge on any atom is 0.336 e. The Morgan fingerprint density at radius 2 is 1.52 bits per heavy atom. The number of allylic oxidation sites excluding steroid dienone is 2. The largest absolute Gasteiger partial charge is 0.483 e. The molecule has 1 aromatic carbocycles. The van der Waals surface area contributed by atoms with Gasteiger partial charge < -0.3 is 18.6 Å². The van der Waals surface area contributed by atoms with Crippen molar-refractivity contribution in [3.8, 4) is 5.75 Å². The summed E-state index contributed by atoms with van der Waals surface area (Å²) in [6, 6.07) is 6.38. The lowest BCUT2D eigenvalue weighted by molar-refractivity contribution is -0.184. The molecule has 164 valence electrons. The fraction of sp³-hybridized carbons (Fsp3) is 0.375. The van der Waals surface area contributed by atoms with Crippen LogP contribution in [0.1, 0.15) is 53.2 Å². The average molecular weight is 426 g/mol. The second-order valence-corrected chi connectivity index (χ2v) is 8.51. The first-order valence-corrected chi connectivity index (χ1v) is 9.95. The quantitative estimate of drug-likeness (QED) is 0.407. The van der Waals surface area contributed by atoms with Crippen molar-refractivity contribution in [3.05, 3.63) is 63.5 Å². The molecule has 2 aromatic rings. The maximum atomic E-state index is 12.6. The molecule has 0 unspecified atom stereocenters. The first kappa shape index (κ1) is 22.3. The summed E-state index contributed by atoms with van der Waals surface area (Å²) < 4.78 is 23.0. The monoisotopic (exact) mass is 426 g/mol. The summed E-state index contributed by atoms with van der Waals surface area (Å²) in [4.78, 5) is 37.0. The third-order valence-electron chi connectivity index (χ3n) is 4.71. The van der Waals surface area contributed by atoms with Crippen molar-refractivity contribution in [2.75, 3.05) is 0 Å². The number of carbonyl (C=O) groups is 2. The third kappa shape index (κ3) is 4.87. The van der Waals surface area contributed by atoms with Crippen LogP contribution in [0.2, 0.25) is 0 Å². The molecular formula is C24H26O7. The van der Waals surface area contributed by atoms with Crippen LogP contribution in [0.5, 0.6) is 5.75 Å². The summed E-state index contributed by atoms with van der Waals surface area (Å²) in [5.41, 5.74) is 0.488. The Balaban J connectivity index is 2.21. The minimum atomic E-state index is -1.05. The fourth-order valence-corrected chi connectivity index (χ4v) is 3.47. The molecular weight excluding hydrogens is 400 g/mol. The molecule has 1 aromatic heterocycles. The Bertz CT molecular complexity index is 1140. The van der Waals surface area contributed by atoms with Gasteiger partial charge in [0.05, 0.1) is 5.56 Å². The summed E-state index contributed by atoms with van der Waals surface area (Å²) in [6.07, 6.45) is 0.654. The number of esters is 2. The van der Waals surface area contributed by atoms with E-state index in [1.54, 1.807) is 59.7 Å². The van der Waals surface area contributed by atoms with Gasteiger partial charge in [0.2, 0.25) is 0 Å². The molecule has 1 aliphatic heterocycles. The lowest BCUT2D eigenvalue weighted by atomic mass is 9.87. The number of fused-ring (bicyclic) bond motifs is 3. The van der Waals surface area contributed by atoms with Gasteiger partial charge in [-0.15, -0.1) is 0 Å². The van der Waals surface area contributed by atoms with E-state index >= 15 is 0 Å². The predicted molar refractivity (Wildman–Crippen MR) is 115 cm³/mol. The van der Waals surface area contributed by atoms with Gasteiger partial charge in [-0.3, -0.25) is 0 Å². The van der Waals surface area contributed by atoms with Gasteiger partial charge >= 0.3 is 17.6 Å². The van der Waals surface area contributed by atoms with E-state index in [1.807, 2.05) is 0 Å². The summed E-state index contributed by atoms with van der Waals surface area (Å²) >= 11 is 0. The Morgan fingerprint density at radius 3 is 2.13 bits per heavy atom. The molecule has 3 rings (SSSR count). The molecule has 1 aliphatic rings. The molecule has 0 radical (unpaired) electrons. The van der Waals surface area contributed by atoms with Crippen LogP contribution in [0, 0.1) is 0 Å². The van der Waals surface area contributed by atoms with Gasteiger partial charge in [0.15, 0.2) is 12.2 Å². The zero-order valence-corrected chi connectivity index (χ0v) is 18.5. The highest BCUT2D eigenvalue weighted by Crippen LogP contribution is 2.46. The first-order chi connectivity index (χ1) is 14.5. The molecule has 0 saturated carbocycles.